The van der Waals surface area contributed by atoms with Crippen molar-refractivity contribution < 1.29 is 4.74 Å². The minimum absolute atomic E-state index is 0.154. The van der Waals surface area contributed by atoms with Crippen molar-refractivity contribution in [2.45, 2.75) is 26.8 Å². The summed E-state index contributed by atoms with van der Waals surface area (Å²) in [6, 6.07) is 6.40. The zero-order valence-corrected chi connectivity index (χ0v) is 12.7. The molecule has 0 aliphatic heterocycles. The second-order valence-corrected chi connectivity index (χ2v) is 4.97. The van der Waals surface area contributed by atoms with Crippen molar-refractivity contribution in [3.63, 3.8) is 0 Å². The SMILES string of the molecule is COC[C@H](C)NC(=S)N/N=C\c1cc(C)ccc1C. The Labute approximate surface area is 120 Å². The largest absolute Gasteiger partial charge is 0.383 e. The number of benzene rings is 1. The van der Waals surface area contributed by atoms with Crippen LogP contribution in [0.15, 0.2) is 23.3 Å². The first-order valence-corrected chi connectivity index (χ1v) is 6.59. The minimum atomic E-state index is 0.154. The number of ether oxygens (including phenoxy) is 1. The summed E-state index contributed by atoms with van der Waals surface area (Å²) < 4.78 is 5.02. The molecule has 0 aliphatic rings. The van der Waals surface area contributed by atoms with Gasteiger partial charge >= 0.3 is 0 Å². The number of rotatable bonds is 5. The summed E-state index contributed by atoms with van der Waals surface area (Å²) in [6.45, 7) is 6.70. The quantitative estimate of drug-likeness (QED) is 0.492. The fraction of sp³-hybridized carbons (Fsp3) is 0.429. The highest BCUT2D eigenvalue weighted by molar-refractivity contribution is 7.80. The van der Waals surface area contributed by atoms with Crippen molar-refractivity contribution in [1.29, 1.82) is 0 Å². The van der Waals surface area contributed by atoms with E-state index in [4.69, 9.17) is 17.0 Å². The fourth-order valence-electron chi connectivity index (χ4n) is 1.61. The highest BCUT2D eigenvalue weighted by Crippen LogP contribution is 2.07. The van der Waals surface area contributed by atoms with Gasteiger partial charge in [0.25, 0.3) is 0 Å². The number of hydrogen-bond donors (Lipinski definition) is 2. The molecule has 0 bridgehead atoms. The monoisotopic (exact) mass is 279 g/mol. The van der Waals surface area contributed by atoms with Crippen LogP contribution in [-0.2, 0) is 4.74 Å². The van der Waals surface area contributed by atoms with Crippen molar-refractivity contribution >= 4 is 23.5 Å². The molecule has 0 aliphatic carbocycles. The molecule has 2 N–H and O–H groups in total. The third-order valence-corrected chi connectivity index (χ3v) is 2.81. The summed E-state index contributed by atoms with van der Waals surface area (Å²) in [5.74, 6) is 0. The van der Waals surface area contributed by atoms with Crippen LogP contribution in [0.3, 0.4) is 0 Å². The summed E-state index contributed by atoms with van der Waals surface area (Å²) in [4.78, 5) is 0. The lowest BCUT2D eigenvalue weighted by Crippen LogP contribution is -2.40. The molecule has 0 spiro atoms. The van der Waals surface area contributed by atoms with E-state index in [1.165, 1.54) is 11.1 Å². The molecule has 0 saturated carbocycles. The van der Waals surface area contributed by atoms with Gasteiger partial charge in [-0.2, -0.15) is 5.10 Å². The molecule has 0 unspecified atom stereocenters. The number of nitrogens with one attached hydrogen (secondary N) is 2. The molecule has 1 aromatic carbocycles. The Hall–Kier alpha value is -1.46. The van der Waals surface area contributed by atoms with E-state index >= 15 is 0 Å². The van der Waals surface area contributed by atoms with Crippen molar-refractivity contribution in [2.75, 3.05) is 13.7 Å². The molecule has 0 fully saturated rings. The summed E-state index contributed by atoms with van der Waals surface area (Å²) in [7, 11) is 1.66. The van der Waals surface area contributed by atoms with Crippen LogP contribution in [0.1, 0.15) is 23.6 Å². The summed E-state index contributed by atoms with van der Waals surface area (Å²) >= 11 is 5.13. The van der Waals surface area contributed by atoms with Gasteiger partial charge in [-0.15, -0.1) is 0 Å². The van der Waals surface area contributed by atoms with Crippen LogP contribution in [0.5, 0.6) is 0 Å². The number of nitrogens with zero attached hydrogens (tertiary/aromatic N) is 1. The molecular weight excluding hydrogens is 258 g/mol. The number of thiocarbonyl (C=S) groups is 1. The van der Waals surface area contributed by atoms with Crippen LogP contribution in [0, 0.1) is 13.8 Å². The maximum Gasteiger partial charge on any atom is 0.187 e. The summed E-state index contributed by atoms with van der Waals surface area (Å²) in [5.41, 5.74) is 6.28. The van der Waals surface area contributed by atoms with Crippen LogP contribution in [0.25, 0.3) is 0 Å². The zero-order chi connectivity index (χ0) is 14.3. The molecular formula is C14H21N3OS. The molecule has 1 aromatic rings. The molecule has 1 atom stereocenters. The van der Waals surface area contributed by atoms with Gasteiger partial charge in [0.1, 0.15) is 0 Å². The lowest BCUT2D eigenvalue weighted by atomic mass is 10.1. The molecule has 0 radical (unpaired) electrons. The van der Waals surface area contributed by atoms with E-state index in [0.29, 0.717) is 11.7 Å². The molecule has 104 valence electrons. The molecule has 4 nitrogen and oxygen atoms in total. The van der Waals surface area contributed by atoms with Gasteiger partial charge in [-0.05, 0) is 44.1 Å². The molecule has 1 rings (SSSR count). The standard InChI is InChI=1S/C14H21N3OS/c1-10-5-6-11(2)13(7-10)8-15-17-14(19)16-12(3)9-18-4/h5-8,12H,9H2,1-4H3,(H2,16,17,19)/b15-8-/t12-/m0/s1. The first-order chi connectivity index (χ1) is 9.02. The van der Waals surface area contributed by atoms with Crippen molar-refractivity contribution in [1.82, 2.24) is 10.7 Å². The Kier molecular flexibility index (Phi) is 6.45. The highest BCUT2D eigenvalue weighted by atomic mass is 32.1. The predicted octanol–water partition coefficient (Wildman–Crippen LogP) is 2.14. The lowest BCUT2D eigenvalue weighted by molar-refractivity contribution is 0.179. The van der Waals surface area contributed by atoms with Gasteiger partial charge in [-0.25, -0.2) is 0 Å². The van der Waals surface area contributed by atoms with E-state index in [-0.39, 0.29) is 6.04 Å². The van der Waals surface area contributed by atoms with Crippen LogP contribution in [0.4, 0.5) is 0 Å². The number of hydrazone groups is 1. The summed E-state index contributed by atoms with van der Waals surface area (Å²) in [5, 5.41) is 7.70. The topological polar surface area (TPSA) is 45.6 Å². The van der Waals surface area contributed by atoms with Gasteiger partial charge in [0.15, 0.2) is 5.11 Å². The first-order valence-electron chi connectivity index (χ1n) is 6.18. The van der Waals surface area contributed by atoms with E-state index in [2.05, 4.69) is 47.9 Å². The Bertz CT molecular complexity index is 460. The van der Waals surface area contributed by atoms with E-state index in [1.807, 2.05) is 6.92 Å². The maximum absolute atomic E-state index is 5.13. The van der Waals surface area contributed by atoms with E-state index in [9.17, 15) is 0 Å². The predicted molar refractivity (Wildman–Crippen MR) is 83.7 cm³/mol. The number of methoxy groups -OCH3 is 1. The molecule has 5 heteroatoms. The van der Waals surface area contributed by atoms with Gasteiger partial charge in [0.2, 0.25) is 0 Å². The van der Waals surface area contributed by atoms with E-state index in [1.54, 1.807) is 13.3 Å². The van der Waals surface area contributed by atoms with Crippen LogP contribution in [0.2, 0.25) is 0 Å². The molecule has 0 amide bonds. The van der Waals surface area contributed by atoms with Gasteiger partial charge in [0, 0.05) is 13.2 Å². The Morgan fingerprint density at radius 3 is 2.89 bits per heavy atom. The average molecular weight is 279 g/mol. The number of hydrogen-bond acceptors (Lipinski definition) is 3. The summed E-state index contributed by atoms with van der Waals surface area (Å²) in [6.07, 6.45) is 1.78. The maximum atomic E-state index is 5.13. The third kappa shape index (κ3) is 5.81. The second kappa shape index (κ2) is 7.86. The molecule has 0 saturated heterocycles. The minimum Gasteiger partial charge on any atom is -0.383 e. The van der Waals surface area contributed by atoms with Gasteiger partial charge in [-0.1, -0.05) is 23.8 Å². The van der Waals surface area contributed by atoms with Crippen molar-refractivity contribution in [3.8, 4) is 0 Å². The fourth-order valence-corrected chi connectivity index (χ4v) is 1.86. The zero-order valence-electron chi connectivity index (χ0n) is 11.9. The average Bonchev–Trinajstić information content (AvgIpc) is 2.33. The lowest BCUT2D eigenvalue weighted by Gasteiger charge is -2.13. The van der Waals surface area contributed by atoms with E-state index in [0.717, 1.165) is 5.56 Å². The molecule has 0 heterocycles. The van der Waals surface area contributed by atoms with Crippen LogP contribution >= 0.6 is 12.2 Å². The Balaban J connectivity index is 2.49. The van der Waals surface area contributed by atoms with Crippen molar-refractivity contribution in [2.24, 2.45) is 5.10 Å². The van der Waals surface area contributed by atoms with Crippen molar-refractivity contribution in [3.05, 3.63) is 34.9 Å². The smallest absolute Gasteiger partial charge is 0.187 e. The Morgan fingerprint density at radius 1 is 1.47 bits per heavy atom. The second-order valence-electron chi connectivity index (χ2n) is 4.56. The van der Waals surface area contributed by atoms with Crippen LogP contribution in [-0.4, -0.2) is 31.1 Å². The normalized spacial score (nSPS) is 12.4. The first kappa shape index (κ1) is 15.6. The van der Waals surface area contributed by atoms with Gasteiger partial charge < -0.3 is 10.1 Å². The molecule has 19 heavy (non-hydrogen) atoms. The van der Waals surface area contributed by atoms with Gasteiger partial charge in [-0.3, -0.25) is 5.43 Å². The van der Waals surface area contributed by atoms with E-state index < -0.39 is 0 Å². The van der Waals surface area contributed by atoms with Crippen LogP contribution < -0.4 is 10.7 Å². The Morgan fingerprint density at radius 2 is 2.21 bits per heavy atom. The number of aryl methyl sites for hydroxylation is 2. The highest BCUT2D eigenvalue weighted by Gasteiger charge is 2.02. The third-order valence-electron chi connectivity index (χ3n) is 2.60. The molecule has 0 aromatic heterocycles. The van der Waals surface area contributed by atoms with Gasteiger partial charge in [0.05, 0.1) is 12.8 Å².